The van der Waals surface area contributed by atoms with Crippen LogP contribution in [0.2, 0.25) is 0 Å². The predicted octanol–water partition coefficient (Wildman–Crippen LogP) is -0.488. The zero-order chi connectivity index (χ0) is 8.27. The zero-order valence-electron chi connectivity index (χ0n) is 6.71. The van der Waals surface area contributed by atoms with Gasteiger partial charge in [-0.1, -0.05) is 0 Å². The molecule has 1 fully saturated rings. The summed E-state index contributed by atoms with van der Waals surface area (Å²) in [5, 5.41) is 3.50. The summed E-state index contributed by atoms with van der Waals surface area (Å²) in [5.74, 6) is 4.97. The number of amides is 2. The van der Waals surface area contributed by atoms with E-state index >= 15 is 0 Å². The average Bonchev–Trinajstić information content (AvgIpc) is 2.53. The van der Waals surface area contributed by atoms with Crippen LogP contribution in [0.1, 0.15) is 12.8 Å². The van der Waals surface area contributed by atoms with Crippen LogP contribution in [0.4, 0.5) is 4.79 Å². The van der Waals surface area contributed by atoms with Gasteiger partial charge in [0.05, 0.1) is 0 Å². The third-order valence-electron chi connectivity index (χ3n) is 1.92. The minimum atomic E-state index is -0.257. The maximum absolute atomic E-state index is 10.9. The van der Waals surface area contributed by atoms with Crippen LogP contribution in [0.5, 0.6) is 0 Å². The monoisotopic (exact) mass is 158 g/mol. The first-order chi connectivity index (χ1) is 5.25. The van der Waals surface area contributed by atoms with E-state index in [1.54, 1.807) is 7.05 Å². The highest BCUT2D eigenvalue weighted by atomic mass is 16.2. The minimum absolute atomic E-state index is 0.257. The second-order valence-electron chi connectivity index (χ2n) is 2.63. The van der Waals surface area contributed by atoms with Crippen LogP contribution < -0.4 is 11.3 Å². The van der Waals surface area contributed by atoms with E-state index in [0.717, 1.165) is 25.9 Å². The van der Waals surface area contributed by atoms with Crippen molar-refractivity contribution in [1.29, 1.82) is 0 Å². The number of nitrogens with one attached hydrogen (secondary N) is 1. The Kier molecular flexibility index (Phi) is 2.67. The average molecular weight is 158 g/mol. The molecule has 0 radical (unpaired) electrons. The molecule has 0 unspecified atom stereocenters. The van der Waals surface area contributed by atoms with E-state index in [4.69, 9.17) is 5.84 Å². The number of rotatable bonds is 1. The van der Waals surface area contributed by atoms with Crippen LogP contribution in [0, 0.1) is 0 Å². The zero-order valence-corrected chi connectivity index (χ0v) is 6.71. The summed E-state index contributed by atoms with van der Waals surface area (Å²) in [7, 11) is 1.72. The first-order valence-corrected chi connectivity index (χ1v) is 3.75. The van der Waals surface area contributed by atoms with Crippen molar-refractivity contribution in [3.63, 3.8) is 0 Å². The van der Waals surface area contributed by atoms with E-state index in [1.165, 1.54) is 5.01 Å². The fraction of sp³-hybridized carbons (Fsp3) is 0.833. The summed E-state index contributed by atoms with van der Waals surface area (Å²) in [6.07, 6.45) is 2.31. The van der Waals surface area contributed by atoms with E-state index in [0.29, 0.717) is 0 Å². The fourth-order valence-electron chi connectivity index (χ4n) is 1.22. The molecule has 0 aromatic rings. The summed E-state index contributed by atoms with van der Waals surface area (Å²) in [4.78, 5) is 10.9. The lowest BCUT2D eigenvalue weighted by atomic mass is 10.4. The number of carbonyl (C=O) groups is 1. The highest BCUT2D eigenvalue weighted by Crippen LogP contribution is 2.08. The SMILES string of the molecule is CN(C(=O)NN)N1CCCC1. The summed E-state index contributed by atoms with van der Waals surface area (Å²) in [5.41, 5.74) is 2.09. The standard InChI is InChI=1S/C6H14N4O/c1-9(6(11)8-7)10-4-2-3-5-10/h2-5,7H2,1H3,(H,8,11). The largest absolute Gasteiger partial charge is 0.345 e. The van der Waals surface area contributed by atoms with Gasteiger partial charge in [-0.05, 0) is 12.8 Å². The number of urea groups is 1. The highest BCUT2D eigenvalue weighted by molar-refractivity contribution is 5.72. The number of nitrogens with zero attached hydrogens (tertiary/aromatic N) is 2. The topological polar surface area (TPSA) is 61.6 Å². The van der Waals surface area contributed by atoms with Gasteiger partial charge in [-0.15, -0.1) is 0 Å². The van der Waals surface area contributed by atoms with Gasteiger partial charge in [0.1, 0.15) is 0 Å². The first-order valence-electron chi connectivity index (χ1n) is 3.75. The summed E-state index contributed by atoms with van der Waals surface area (Å²) in [6, 6.07) is -0.257. The fourth-order valence-corrected chi connectivity index (χ4v) is 1.22. The Labute approximate surface area is 66.1 Å². The van der Waals surface area contributed by atoms with Crippen molar-refractivity contribution < 1.29 is 4.79 Å². The van der Waals surface area contributed by atoms with E-state index in [1.807, 2.05) is 5.01 Å². The molecule has 0 aromatic carbocycles. The molecule has 5 heteroatoms. The van der Waals surface area contributed by atoms with Crippen LogP contribution in [0.25, 0.3) is 0 Å². The number of hydrazine groups is 2. The first kappa shape index (κ1) is 8.29. The van der Waals surface area contributed by atoms with Crippen molar-refractivity contribution in [2.45, 2.75) is 12.8 Å². The third kappa shape index (κ3) is 1.81. The summed E-state index contributed by atoms with van der Waals surface area (Å²) < 4.78 is 0. The van der Waals surface area contributed by atoms with Gasteiger partial charge in [0.25, 0.3) is 0 Å². The Hall–Kier alpha value is -0.810. The lowest BCUT2D eigenvalue weighted by Gasteiger charge is -2.26. The quantitative estimate of drug-likeness (QED) is 0.307. The lowest BCUT2D eigenvalue weighted by Crippen LogP contribution is -2.49. The molecule has 0 bridgehead atoms. The van der Waals surface area contributed by atoms with Crippen LogP contribution >= 0.6 is 0 Å². The molecule has 11 heavy (non-hydrogen) atoms. The van der Waals surface area contributed by atoms with E-state index in [-0.39, 0.29) is 6.03 Å². The Morgan fingerprint density at radius 3 is 2.55 bits per heavy atom. The second-order valence-corrected chi connectivity index (χ2v) is 2.63. The number of nitrogens with two attached hydrogens (primary N) is 1. The molecule has 3 N–H and O–H groups in total. The van der Waals surface area contributed by atoms with Gasteiger partial charge in [0, 0.05) is 20.1 Å². The molecule has 1 rings (SSSR count). The van der Waals surface area contributed by atoms with Gasteiger partial charge in [-0.2, -0.15) is 0 Å². The van der Waals surface area contributed by atoms with Gasteiger partial charge in [-0.3, -0.25) is 10.4 Å². The molecular formula is C6H14N4O. The van der Waals surface area contributed by atoms with Gasteiger partial charge in [0.2, 0.25) is 0 Å². The van der Waals surface area contributed by atoms with E-state index in [9.17, 15) is 4.79 Å². The molecule has 0 aromatic heterocycles. The molecule has 1 heterocycles. The Bertz CT molecular complexity index is 144. The molecule has 0 spiro atoms. The number of hydrogen-bond acceptors (Lipinski definition) is 3. The van der Waals surface area contributed by atoms with Crippen LogP contribution in [0.15, 0.2) is 0 Å². The molecule has 0 aliphatic carbocycles. The summed E-state index contributed by atoms with van der Waals surface area (Å²) in [6.45, 7) is 1.90. The van der Waals surface area contributed by atoms with E-state index in [2.05, 4.69) is 5.43 Å². The van der Waals surface area contributed by atoms with Crippen molar-refractivity contribution in [2.75, 3.05) is 20.1 Å². The van der Waals surface area contributed by atoms with Crippen LogP contribution in [0.3, 0.4) is 0 Å². The minimum Gasteiger partial charge on any atom is -0.275 e. The lowest BCUT2D eigenvalue weighted by molar-refractivity contribution is 0.0602. The van der Waals surface area contributed by atoms with Crippen LogP contribution in [-0.4, -0.2) is 36.2 Å². The van der Waals surface area contributed by atoms with E-state index < -0.39 is 0 Å². The Morgan fingerprint density at radius 2 is 2.09 bits per heavy atom. The molecule has 1 aliphatic rings. The van der Waals surface area contributed by atoms with Crippen LogP contribution in [-0.2, 0) is 0 Å². The Morgan fingerprint density at radius 1 is 1.55 bits per heavy atom. The third-order valence-corrected chi connectivity index (χ3v) is 1.92. The van der Waals surface area contributed by atoms with Gasteiger partial charge < -0.3 is 0 Å². The number of hydrogen-bond donors (Lipinski definition) is 2. The Balaban J connectivity index is 2.39. The van der Waals surface area contributed by atoms with Crippen molar-refractivity contribution in [3.05, 3.63) is 0 Å². The molecule has 1 saturated heterocycles. The number of carbonyl (C=O) groups excluding carboxylic acids is 1. The molecular weight excluding hydrogens is 144 g/mol. The molecule has 5 nitrogen and oxygen atoms in total. The molecule has 1 aliphatic heterocycles. The van der Waals surface area contributed by atoms with Gasteiger partial charge >= 0.3 is 6.03 Å². The molecule has 0 atom stereocenters. The van der Waals surface area contributed by atoms with Crippen molar-refractivity contribution >= 4 is 6.03 Å². The smallest absolute Gasteiger partial charge is 0.275 e. The van der Waals surface area contributed by atoms with Gasteiger partial charge in [0.15, 0.2) is 0 Å². The molecule has 64 valence electrons. The molecule has 0 saturated carbocycles. The summed E-state index contributed by atoms with van der Waals surface area (Å²) >= 11 is 0. The highest BCUT2D eigenvalue weighted by Gasteiger charge is 2.19. The van der Waals surface area contributed by atoms with Crippen molar-refractivity contribution in [2.24, 2.45) is 5.84 Å². The van der Waals surface area contributed by atoms with Crippen molar-refractivity contribution in [3.8, 4) is 0 Å². The van der Waals surface area contributed by atoms with Crippen molar-refractivity contribution in [1.82, 2.24) is 15.4 Å². The second kappa shape index (κ2) is 3.54. The molecule has 2 amide bonds. The maximum Gasteiger partial charge on any atom is 0.345 e. The van der Waals surface area contributed by atoms with Gasteiger partial charge in [-0.25, -0.2) is 15.6 Å². The maximum atomic E-state index is 10.9. The predicted molar refractivity (Wildman–Crippen MR) is 41.3 cm³/mol. The normalized spacial score (nSPS) is 18.4.